The molecule has 3 aromatic rings. The first kappa shape index (κ1) is 26.2. The van der Waals surface area contributed by atoms with Crippen molar-refractivity contribution in [1.29, 1.82) is 0 Å². The quantitative estimate of drug-likeness (QED) is 0.383. The Bertz CT molecular complexity index is 1310. The van der Waals surface area contributed by atoms with Crippen LogP contribution in [0.25, 0.3) is 6.08 Å². The van der Waals surface area contributed by atoms with Crippen LogP contribution in [0.15, 0.2) is 60.0 Å². The van der Waals surface area contributed by atoms with Crippen molar-refractivity contribution in [2.24, 2.45) is 0 Å². The molecule has 0 saturated carbocycles. The Morgan fingerprint density at radius 1 is 1.05 bits per heavy atom. The highest BCUT2D eigenvalue weighted by molar-refractivity contribution is 7.95. The van der Waals surface area contributed by atoms with Gasteiger partial charge < -0.3 is 29.0 Å². The summed E-state index contributed by atoms with van der Waals surface area (Å²) < 4.78 is 51.1. The SMILES string of the molecule is COc1ccccc1Oc1c(NS(=O)(=O)C=Cc2ccccc2)nc(N2CCOCC2)nc1OCCO. The molecule has 1 aromatic heterocycles. The minimum absolute atomic E-state index is 0.0406. The molecule has 2 N–H and O–H groups in total. The minimum Gasteiger partial charge on any atom is -0.493 e. The molecular formula is C25H28N4O7S. The second-order valence-electron chi connectivity index (χ2n) is 7.79. The van der Waals surface area contributed by atoms with Gasteiger partial charge in [-0.3, -0.25) is 4.72 Å². The monoisotopic (exact) mass is 528 g/mol. The van der Waals surface area contributed by atoms with Crippen molar-refractivity contribution in [2.75, 3.05) is 56.2 Å². The van der Waals surface area contributed by atoms with Gasteiger partial charge in [0.05, 0.1) is 32.3 Å². The van der Waals surface area contributed by atoms with Crippen molar-refractivity contribution in [2.45, 2.75) is 0 Å². The van der Waals surface area contributed by atoms with Gasteiger partial charge in [0.25, 0.3) is 15.9 Å². The molecule has 4 rings (SSSR count). The molecular weight excluding hydrogens is 500 g/mol. The molecule has 1 saturated heterocycles. The van der Waals surface area contributed by atoms with Crippen LogP contribution in [0.1, 0.15) is 5.56 Å². The average molecular weight is 529 g/mol. The molecule has 0 radical (unpaired) electrons. The molecule has 11 nitrogen and oxygen atoms in total. The van der Waals surface area contributed by atoms with Gasteiger partial charge in [-0.05, 0) is 23.8 Å². The lowest BCUT2D eigenvalue weighted by atomic mass is 10.2. The summed E-state index contributed by atoms with van der Waals surface area (Å²) in [6.45, 7) is 1.57. The molecule has 0 unspecified atom stereocenters. The fraction of sp³-hybridized carbons (Fsp3) is 0.280. The summed E-state index contributed by atoms with van der Waals surface area (Å²) in [7, 11) is -2.54. The van der Waals surface area contributed by atoms with Gasteiger partial charge in [0.15, 0.2) is 17.3 Å². The zero-order valence-electron chi connectivity index (χ0n) is 20.2. The number of sulfonamides is 1. The number of aliphatic hydroxyl groups is 1. The van der Waals surface area contributed by atoms with E-state index in [0.717, 1.165) is 5.41 Å². The highest BCUT2D eigenvalue weighted by Crippen LogP contribution is 2.41. The van der Waals surface area contributed by atoms with Gasteiger partial charge in [-0.1, -0.05) is 42.5 Å². The van der Waals surface area contributed by atoms with E-state index >= 15 is 0 Å². The number of ether oxygens (including phenoxy) is 4. The molecule has 0 atom stereocenters. The van der Waals surface area contributed by atoms with Gasteiger partial charge in [-0.15, -0.1) is 0 Å². The first-order valence-corrected chi connectivity index (χ1v) is 13.1. The number of morpholine rings is 1. The Balaban J connectivity index is 1.77. The third-order valence-electron chi connectivity index (χ3n) is 5.21. The number of hydrogen-bond acceptors (Lipinski definition) is 10. The largest absolute Gasteiger partial charge is 0.493 e. The van der Waals surface area contributed by atoms with Crippen molar-refractivity contribution in [3.63, 3.8) is 0 Å². The first-order valence-electron chi connectivity index (χ1n) is 11.5. The highest BCUT2D eigenvalue weighted by Gasteiger charge is 2.25. The van der Waals surface area contributed by atoms with Crippen LogP contribution in [0.3, 0.4) is 0 Å². The minimum atomic E-state index is -4.03. The predicted molar refractivity (Wildman–Crippen MR) is 139 cm³/mol. The van der Waals surface area contributed by atoms with E-state index in [4.69, 9.17) is 18.9 Å². The van der Waals surface area contributed by atoms with E-state index in [-0.39, 0.29) is 36.6 Å². The van der Waals surface area contributed by atoms with Crippen LogP contribution in [0.4, 0.5) is 11.8 Å². The molecule has 0 amide bonds. The van der Waals surface area contributed by atoms with E-state index in [1.807, 2.05) is 23.1 Å². The number of anilines is 2. The summed E-state index contributed by atoms with van der Waals surface area (Å²) in [4.78, 5) is 10.8. The van der Waals surface area contributed by atoms with E-state index < -0.39 is 10.0 Å². The fourth-order valence-electron chi connectivity index (χ4n) is 3.44. The second kappa shape index (κ2) is 12.4. The average Bonchev–Trinajstić information content (AvgIpc) is 2.93. The van der Waals surface area contributed by atoms with Crippen LogP contribution in [0, 0.1) is 0 Å². The molecule has 2 heterocycles. The second-order valence-corrected chi connectivity index (χ2v) is 9.36. The number of benzene rings is 2. The molecule has 1 aliphatic heterocycles. The van der Waals surface area contributed by atoms with Crippen molar-refractivity contribution in [1.82, 2.24) is 9.97 Å². The third-order valence-corrected chi connectivity index (χ3v) is 6.18. The first-order chi connectivity index (χ1) is 18.0. The summed E-state index contributed by atoms with van der Waals surface area (Å²) in [6, 6.07) is 15.9. The topological polar surface area (TPSA) is 132 Å². The standard InChI is InChI=1S/C25H28N4O7S/c1-33-20-9-5-6-10-21(20)36-22-23(28-37(31,32)18-11-19-7-3-2-4-8-19)26-25(27-24(22)35-17-14-30)29-12-15-34-16-13-29/h2-11,18,30H,12-17H2,1H3,(H,26,27,28). The Morgan fingerprint density at radius 2 is 1.76 bits per heavy atom. The van der Waals surface area contributed by atoms with Crippen molar-refractivity contribution in [3.05, 3.63) is 65.6 Å². The molecule has 37 heavy (non-hydrogen) atoms. The van der Waals surface area contributed by atoms with Gasteiger partial charge >= 0.3 is 0 Å². The van der Waals surface area contributed by atoms with Crippen LogP contribution in [-0.2, 0) is 14.8 Å². The van der Waals surface area contributed by atoms with E-state index in [0.29, 0.717) is 43.4 Å². The van der Waals surface area contributed by atoms with Gasteiger partial charge in [0, 0.05) is 13.1 Å². The number of rotatable bonds is 11. The molecule has 0 aliphatic carbocycles. The number of aliphatic hydroxyl groups excluding tert-OH is 1. The summed E-state index contributed by atoms with van der Waals surface area (Å²) >= 11 is 0. The normalized spacial score (nSPS) is 13.9. The maximum Gasteiger partial charge on any atom is 0.265 e. The molecule has 0 spiro atoms. The van der Waals surface area contributed by atoms with Gasteiger partial charge in [-0.2, -0.15) is 9.97 Å². The lowest BCUT2D eigenvalue weighted by molar-refractivity contribution is 0.122. The van der Waals surface area contributed by atoms with Crippen LogP contribution in [0.2, 0.25) is 0 Å². The van der Waals surface area contributed by atoms with E-state index in [2.05, 4.69) is 14.7 Å². The van der Waals surface area contributed by atoms with Gasteiger partial charge in [0.1, 0.15) is 6.61 Å². The van der Waals surface area contributed by atoms with Gasteiger partial charge in [0.2, 0.25) is 11.7 Å². The highest BCUT2D eigenvalue weighted by atomic mass is 32.2. The lowest BCUT2D eigenvalue weighted by Crippen LogP contribution is -2.37. The van der Waals surface area contributed by atoms with Crippen molar-refractivity contribution in [3.8, 4) is 23.1 Å². The summed E-state index contributed by atoms with van der Waals surface area (Å²) in [5, 5.41) is 10.4. The molecule has 0 bridgehead atoms. The number of hydrogen-bond donors (Lipinski definition) is 2. The Kier molecular flexibility index (Phi) is 8.77. The van der Waals surface area contributed by atoms with Gasteiger partial charge in [-0.25, -0.2) is 8.42 Å². The van der Waals surface area contributed by atoms with Crippen LogP contribution in [-0.4, -0.2) is 70.1 Å². The lowest BCUT2D eigenvalue weighted by Gasteiger charge is -2.28. The van der Waals surface area contributed by atoms with Crippen LogP contribution in [0.5, 0.6) is 23.1 Å². The number of aromatic nitrogens is 2. The van der Waals surface area contributed by atoms with E-state index in [1.165, 1.54) is 13.2 Å². The Morgan fingerprint density at radius 3 is 2.46 bits per heavy atom. The molecule has 12 heteroatoms. The van der Waals surface area contributed by atoms with Crippen LogP contribution >= 0.6 is 0 Å². The summed E-state index contributed by atoms with van der Waals surface area (Å²) in [5.41, 5.74) is 0.710. The van der Waals surface area contributed by atoms with Crippen molar-refractivity contribution >= 4 is 27.9 Å². The fourth-order valence-corrected chi connectivity index (χ4v) is 4.25. The maximum absolute atomic E-state index is 13.1. The predicted octanol–water partition coefficient (Wildman–Crippen LogP) is 2.90. The molecule has 2 aromatic carbocycles. The zero-order valence-corrected chi connectivity index (χ0v) is 21.1. The van der Waals surface area contributed by atoms with Crippen LogP contribution < -0.4 is 23.8 Å². The smallest absolute Gasteiger partial charge is 0.265 e. The number of para-hydroxylation sites is 2. The van der Waals surface area contributed by atoms with E-state index in [9.17, 15) is 13.5 Å². The summed E-state index contributed by atoms with van der Waals surface area (Å²) in [6.07, 6.45) is 1.47. The number of methoxy groups -OCH3 is 1. The van der Waals surface area contributed by atoms with E-state index in [1.54, 1.807) is 36.4 Å². The molecule has 1 fully saturated rings. The Labute approximate surface area is 215 Å². The molecule has 1 aliphatic rings. The Hall–Kier alpha value is -3.87. The summed E-state index contributed by atoms with van der Waals surface area (Å²) in [5.74, 6) is 0.682. The molecule has 196 valence electrons. The number of nitrogens with one attached hydrogen (secondary N) is 1. The third kappa shape index (κ3) is 7.09. The number of nitrogens with zero attached hydrogens (tertiary/aromatic N) is 3. The maximum atomic E-state index is 13.1. The van der Waals surface area contributed by atoms with Crippen molar-refractivity contribution < 1.29 is 32.5 Å². The zero-order chi connectivity index (χ0) is 26.1.